The van der Waals surface area contributed by atoms with Crippen LogP contribution in [0.15, 0.2) is 30.5 Å². The normalized spacial score (nSPS) is 12.2. The lowest BCUT2D eigenvalue weighted by Crippen LogP contribution is -2.05. The van der Waals surface area contributed by atoms with Crippen molar-refractivity contribution in [2.45, 2.75) is 33.2 Å². The maximum absolute atomic E-state index is 5.86. The number of aryl methyl sites for hydroxylation is 2. The van der Waals surface area contributed by atoms with Crippen LogP contribution in [-0.2, 0) is 6.42 Å². The third-order valence-corrected chi connectivity index (χ3v) is 2.91. The summed E-state index contributed by atoms with van der Waals surface area (Å²) >= 11 is 0. The Morgan fingerprint density at radius 2 is 2.11 bits per heavy atom. The minimum atomic E-state index is -0.0351. The van der Waals surface area contributed by atoms with Crippen LogP contribution in [0.1, 0.15) is 36.8 Å². The maximum Gasteiger partial charge on any atom is 0.219 e. The molecule has 0 fully saturated rings. The molecule has 0 spiro atoms. The first-order valence-electron chi connectivity index (χ1n) is 6.46. The molecule has 0 aliphatic carbocycles. The van der Waals surface area contributed by atoms with Gasteiger partial charge in [-0.1, -0.05) is 6.92 Å². The Labute approximate surface area is 113 Å². The van der Waals surface area contributed by atoms with Crippen molar-refractivity contribution in [3.63, 3.8) is 0 Å². The minimum Gasteiger partial charge on any atom is -0.437 e. The van der Waals surface area contributed by atoms with E-state index in [4.69, 9.17) is 10.5 Å². The van der Waals surface area contributed by atoms with E-state index >= 15 is 0 Å². The zero-order valence-electron chi connectivity index (χ0n) is 11.6. The lowest BCUT2D eigenvalue weighted by molar-refractivity contribution is 0.452. The molecule has 2 aromatic rings. The standard InChI is InChI=1S/C15H19N3O/c1-4-13-14(6-5-10(2)18-13)19-15-9-12(11(3)16)7-8-17-15/h5-9,11H,4,16H2,1-3H3. The highest BCUT2D eigenvalue weighted by Crippen LogP contribution is 2.25. The first-order chi connectivity index (χ1) is 9.10. The van der Waals surface area contributed by atoms with Gasteiger partial charge in [0.2, 0.25) is 5.88 Å². The molecular weight excluding hydrogens is 238 g/mol. The molecule has 100 valence electrons. The van der Waals surface area contributed by atoms with E-state index in [0.717, 1.165) is 29.1 Å². The van der Waals surface area contributed by atoms with Crippen molar-refractivity contribution in [1.29, 1.82) is 0 Å². The summed E-state index contributed by atoms with van der Waals surface area (Å²) in [5.74, 6) is 1.30. The molecule has 2 aromatic heterocycles. The first kappa shape index (κ1) is 13.5. The van der Waals surface area contributed by atoms with Gasteiger partial charge in [-0.25, -0.2) is 4.98 Å². The van der Waals surface area contributed by atoms with Crippen molar-refractivity contribution in [2.75, 3.05) is 0 Å². The molecule has 0 aliphatic rings. The van der Waals surface area contributed by atoms with E-state index in [1.54, 1.807) is 6.20 Å². The van der Waals surface area contributed by atoms with Crippen molar-refractivity contribution in [3.05, 3.63) is 47.4 Å². The molecule has 0 aromatic carbocycles. The van der Waals surface area contributed by atoms with Gasteiger partial charge in [-0.2, -0.15) is 0 Å². The summed E-state index contributed by atoms with van der Waals surface area (Å²) in [6.07, 6.45) is 2.53. The molecule has 0 radical (unpaired) electrons. The topological polar surface area (TPSA) is 61.0 Å². The van der Waals surface area contributed by atoms with Gasteiger partial charge in [-0.05, 0) is 44.0 Å². The third-order valence-electron chi connectivity index (χ3n) is 2.91. The van der Waals surface area contributed by atoms with Crippen LogP contribution in [-0.4, -0.2) is 9.97 Å². The van der Waals surface area contributed by atoms with Gasteiger partial charge in [0, 0.05) is 24.0 Å². The molecule has 19 heavy (non-hydrogen) atoms. The molecule has 2 rings (SSSR count). The van der Waals surface area contributed by atoms with Gasteiger partial charge >= 0.3 is 0 Å². The summed E-state index contributed by atoms with van der Waals surface area (Å²) in [5, 5.41) is 0. The highest BCUT2D eigenvalue weighted by molar-refractivity contribution is 5.34. The number of ether oxygens (including phenoxy) is 1. The highest BCUT2D eigenvalue weighted by Gasteiger charge is 2.08. The predicted octanol–water partition coefficient (Wildman–Crippen LogP) is 3.16. The summed E-state index contributed by atoms with van der Waals surface area (Å²) in [6.45, 7) is 5.96. The SMILES string of the molecule is CCc1nc(C)ccc1Oc1cc(C(C)N)ccn1. The van der Waals surface area contributed by atoms with Crippen LogP contribution in [0.25, 0.3) is 0 Å². The first-order valence-corrected chi connectivity index (χ1v) is 6.46. The zero-order valence-corrected chi connectivity index (χ0v) is 11.6. The van der Waals surface area contributed by atoms with Crippen LogP contribution in [0.4, 0.5) is 0 Å². The monoisotopic (exact) mass is 257 g/mol. The molecule has 4 heteroatoms. The Hall–Kier alpha value is -1.94. The number of nitrogens with two attached hydrogens (primary N) is 1. The molecule has 1 unspecified atom stereocenters. The Morgan fingerprint density at radius 1 is 1.32 bits per heavy atom. The van der Waals surface area contributed by atoms with E-state index in [0.29, 0.717) is 5.88 Å². The van der Waals surface area contributed by atoms with Gasteiger partial charge in [-0.15, -0.1) is 0 Å². The van der Waals surface area contributed by atoms with Crippen molar-refractivity contribution in [3.8, 4) is 11.6 Å². The summed E-state index contributed by atoms with van der Waals surface area (Å²) in [5.41, 5.74) is 8.78. The van der Waals surface area contributed by atoms with Crippen molar-refractivity contribution >= 4 is 0 Å². The van der Waals surface area contributed by atoms with Crippen molar-refractivity contribution in [2.24, 2.45) is 5.73 Å². The molecule has 2 heterocycles. The summed E-state index contributed by atoms with van der Waals surface area (Å²) in [7, 11) is 0. The fourth-order valence-electron chi connectivity index (χ4n) is 1.82. The number of rotatable bonds is 4. The minimum absolute atomic E-state index is 0.0351. The second-order valence-electron chi connectivity index (χ2n) is 4.57. The number of hydrogen-bond acceptors (Lipinski definition) is 4. The smallest absolute Gasteiger partial charge is 0.219 e. The zero-order chi connectivity index (χ0) is 13.8. The lowest BCUT2D eigenvalue weighted by Gasteiger charge is -2.11. The quantitative estimate of drug-likeness (QED) is 0.914. The average Bonchev–Trinajstić information content (AvgIpc) is 2.41. The number of aromatic nitrogens is 2. The van der Waals surface area contributed by atoms with Crippen LogP contribution in [0.3, 0.4) is 0 Å². The van der Waals surface area contributed by atoms with Crippen LogP contribution >= 0.6 is 0 Å². The molecular formula is C15H19N3O. The van der Waals surface area contributed by atoms with Gasteiger partial charge in [0.1, 0.15) is 0 Å². The molecule has 2 N–H and O–H groups in total. The van der Waals surface area contributed by atoms with Gasteiger partial charge in [0.25, 0.3) is 0 Å². The number of hydrogen-bond donors (Lipinski definition) is 1. The average molecular weight is 257 g/mol. The number of nitrogens with zero attached hydrogens (tertiary/aromatic N) is 2. The lowest BCUT2D eigenvalue weighted by atomic mass is 10.1. The van der Waals surface area contributed by atoms with E-state index < -0.39 is 0 Å². The largest absolute Gasteiger partial charge is 0.437 e. The summed E-state index contributed by atoms with van der Waals surface area (Å²) in [4.78, 5) is 8.68. The molecule has 0 saturated carbocycles. The second-order valence-corrected chi connectivity index (χ2v) is 4.57. The summed E-state index contributed by atoms with van der Waals surface area (Å²) < 4.78 is 5.82. The third kappa shape index (κ3) is 3.29. The molecule has 1 atom stereocenters. The number of pyridine rings is 2. The maximum atomic E-state index is 5.86. The van der Waals surface area contributed by atoms with E-state index in [-0.39, 0.29) is 6.04 Å². The summed E-state index contributed by atoms with van der Waals surface area (Å²) in [6, 6.07) is 7.59. The Kier molecular flexibility index (Phi) is 4.12. The Morgan fingerprint density at radius 3 is 2.79 bits per heavy atom. The predicted molar refractivity (Wildman–Crippen MR) is 75.3 cm³/mol. The second kappa shape index (κ2) is 5.80. The molecule has 0 bridgehead atoms. The van der Waals surface area contributed by atoms with Crippen LogP contribution in [0, 0.1) is 6.92 Å². The molecule has 0 aliphatic heterocycles. The fraction of sp³-hybridized carbons (Fsp3) is 0.333. The van der Waals surface area contributed by atoms with E-state index in [2.05, 4.69) is 16.9 Å². The van der Waals surface area contributed by atoms with E-state index in [9.17, 15) is 0 Å². The molecule has 0 amide bonds. The Balaban J connectivity index is 2.28. The molecule has 0 saturated heterocycles. The van der Waals surface area contributed by atoms with Crippen LogP contribution in [0.2, 0.25) is 0 Å². The van der Waals surface area contributed by atoms with E-state index in [1.807, 2.05) is 38.1 Å². The fourth-order valence-corrected chi connectivity index (χ4v) is 1.82. The van der Waals surface area contributed by atoms with Gasteiger partial charge < -0.3 is 10.5 Å². The molecule has 4 nitrogen and oxygen atoms in total. The van der Waals surface area contributed by atoms with Crippen LogP contribution in [0.5, 0.6) is 11.6 Å². The van der Waals surface area contributed by atoms with Gasteiger partial charge in [0.15, 0.2) is 5.75 Å². The van der Waals surface area contributed by atoms with Crippen LogP contribution < -0.4 is 10.5 Å². The highest BCUT2D eigenvalue weighted by atomic mass is 16.5. The van der Waals surface area contributed by atoms with E-state index in [1.165, 1.54) is 0 Å². The van der Waals surface area contributed by atoms with Gasteiger partial charge in [0.05, 0.1) is 5.69 Å². The van der Waals surface area contributed by atoms with Gasteiger partial charge in [-0.3, -0.25) is 4.98 Å². The Bertz CT molecular complexity index is 567. The van der Waals surface area contributed by atoms with Crippen molar-refractivity contribution < 1.29 is 4.74 Å². The van der Waals surface area contributed by atoms with Crippen molar-refractivity contribution in [1.82, 2.24) is 9.97 Å².